The van der Waals surface area contributed by atoms with Gasteiger partial charge in [0.2, 0.25) is 14.8 Å². The fraction of sp³-hybridized carbons (Fsp3) is 0.381. The molecule has 196 valence electrons. The van der Waals surface area contributed by atoms with Gasteiger partial charge in [0.15, 0.2) is 19.3 Å². The molecule has 1 saturated heterocycles. The molecule has 2 rings (SSSR count). The van der Waals surface area contributed by atoms with Crippen molar-refractivity contribution < 1.29 is 43.3 Å². The van der Waals surface area contributed by atoms with Crippen LogP contribution in [0.15, 0.2) is 42.5 Å². The first kappa shape index (κ1) is 29.6. The molecule has 1 aliphatic heterocycles. The Morgan fingerprint density at radius 2 is 1.81 bits per heavy atom. The van der Waals surface area contributed by atoms with Crippen LogP contribution in [0, 0.1) is 0 Å². The van der Waals surface area contributed by atoms with Gasteiger partial charge in [0.05, 0.1) is 0 Å². The highest BCUT2D eigenvalue weighted by atomic mass is 35.6. The first-order valence-corrected chi connectivity index (χ1v) is 12.0. The van der Waals surface area contributed by atoms with Gasteiger partial charge in [0.25, 0.3) is 5.91 Å². The number of carbonyl (C=O) groups excluding carboxylic acids is 4. The summed E-state index contributed by atoms with van der Waals surface area (Å²) in [5.41, 5.74) is 0.123. The third kappa shape index (κ3) is 8.77. The van der Waals surface area contributed by atoms with Gasteiger partial charge in [-0.3, -0.25) is 14.4 Å². The van der Waals surface area contributed by atoms with Gasteiger partial charge in [-0.15, -0.1) is 0 Å². The molecule has 3 unspecified atom stereocenters. The summed E-state index contributed by atoms with van der Waals surface area (Å²) >= 11 is 16.8. The zero-order valence-corrected chi connectivity index (χ0v) is 21.7. The smallest absolute Gasteiger partial charge is 0.484 e. The van der Waals surface area contributed by atoms with E-state index in [2.05, 4.69) is 21.4 Å². The number of hydrogen-bond acceptors (Lipinski definition) is 9. The molecule has 1 fully saturated rings. The summed E-state index contributed by atoms with van der Waals surface area (Å²) in [5, 5.41) is 10.1. The van der Waals surface area contributed by atoms with E-state index >= 15 is 0 Å². The predicted octanol–water partition coefficient (Wildman–Crippen LogP) is 2.53. The maximum Gasteiger partial charge on any atom is 0.508 e. The molecule has 11 nitrogen and oxygen atoms in total. The number of aliphatic carboxylic acids is 1. The number of nitrogens with one attached hydrogen (secondary N) is 1. The molecule has 36 heavy (non-hydrogen) atoms. The summed E-state index contributed by atoms with van der Waals surface area (Å²) in [6.07, 6.45) is -1.29. The van der Waals surface area contributed by atoms with E-state index in [1.807, 2.05) is 0 Å². The minimum atomic E-state index is -1.88. The molecule has 1 aromatic carbocycles. The Kier molecular flexibility index (Phi) is 10.7. The second-order valence-electron chi connectivity index (χ2n) is 7.30. The topological polar surface area (TPSA) is 149 Å². The number of nitrogens with zero attached hydrogens (tertiary/aromatic N) is 1. The quantitative estimate of drug-likeness (QED) is 0.172. The minimum Gasteiger partial charge on any atom is -0.484 e. The lowest BCUT2D eigenvalue weighted by Gasteiger charge is -2.48. The van der Waals surface area contributed by atoms with Crippen molar-refractivity contribution in [3.63, 3.8) is 0 Å². The van der Waals surface area contributed by atoms with Crippen LogP contribution in [0.5, 0.6) is 5.75 Å². The van der Waals surface area contributed by atoms with Crippen LogP contribution in [0.1, 0.15) is 6.92 Å². The molecule has 0 radical (unpaired) electrons. The second kappa shape index (κ2) is 13.0. The lowest BCUT2D eigenvalue weighted by Crippen LogP contribution is -2.73. The van der Waals surface area contributed by atoms with Crippen molar-refractivity contribution in [1.29, 1.82) is 0 Å². The number of hydrogen-bond donors (Lipinski definition) is 2. The molecular formula is C21H21Cl3N2O9S. The third-order valence-corrected chi connectivity index (χ3v) is 5.85. The van der Waals surface area contributed by atoms with Gasteiger partial charge in [-0.2, -0.15) is 0 Å². The molecule has 0 saturated carbocycles. The standard InChI is InChI=1S/C21H21Cl3N2O9S/c1-11(2)16(19(30)31)26-17(29)15(25-13(27)8-33-12-6-4-3-5-7-12)18(26)36-14(28)9-34-20(32)35-10-21(22,23)24/h3-7,15-16,18H,1,8-10H2,2H3,(H,25,27)(H,30,31). The Labute approximate surface area is 224 Å². The molecular weight excluding hydrogens is 563 g/mol. The fourth-order valence-electron chi connectivity index (χ4n) is 2.94. The SMILES string of the molecule is C=C(C)C(C(=O)O)N1C(=O)C(NC(=O)COc2ccccc2)C1SC(=O)COC(=O)OCC(Cl)(Cl)Cl. The van der Waals surface area contributed by atoms with E-state index < -0.39 is 70.1 Å². The molecule has 0 spiro atoms. The number of alkyl halides is 3. The number of likely N-dealkylation sites (tertiary alicyclic amines) is 1. The fourth-order valence-corrected chi connectivity index (χ4v) is 4.16. The summed E-state index contributed by atoms with van der Waals surface area (Å²) in [6, 6.07) is 5.73. The summed E-state index contributed by atoms with van der Waals surface area (Å²) in [4.78, 5) is 61.7. The molecule has 3 atom stereocenters. The average Bonchev–Trinajstić information content (AvgIpc) is 2.80. The normalized spacial score (nSPS) is 17.9. The van der Waals surface area contributed by atoms with Crippen LogP contribution in [-0.2, 0) is 28.7 Å². The molecule has 15 heteroatoms. The van der Waals surface area contributed by atoms with Crippen LogP contribution in [0.3, 0.4) is 0 Å². The van der Waals surface area contributed by atoms with Gasteiger partial charge in [0, 0.05) is 0 Å². The van der Waals surface area contributed by atoms with Gasteiger partial charge >= 0.3 is 12.1 Å². The number of thioether (sulfide) groups is 1. The lowest BCUT2D eigenvalue weighted by molar-refractivity contribution is -0.160. The summed E-state index contributed by atoms with van der Waals surface area (Å²) in [7, 11) is 0. The van der Waals surface area contributed by atoms with Gasteiger partial charge in [-0.25, -0.2) is 9.59 Å². The number of benzene rings is 1. The number of amides is 2. The highest BCUT2D eigenvalue weighted by Gasteiger charge is 2.54. The van der Waals surface area contributed by atoms with Crippen LogP contribution >= 0.6 is 46.6 Å². The molecule has 0 aromatic heterocycles. The zero-order chi connectivity index (χ0) is 27.0. The highest BCUT2D eigenvalue weighted by molar-refractivity contribution is 8.14. The molecule has 1 aromatic rings. The zero-order valence-electron chi connectivity index (χ0n) is 18.6. The molecule has 0 aliphatic carbocycles. The van der Waals surface area contributed by atoms with Crippen LogP contribution in [0.4, 0.5) is 4.79 Å². The summed E-state index contributed by atoms with van der Waals surface area (Å²) in [6.45, 7) is 3.13. The van der Waals surface area contributed by atoms with Crippen LogP contribution < -0.4 is 10.1 Å². The molecule has 2 N–H and O–H groups in total. The summed E-state index contributed by atoms with van der Waals surface area (Å²) in [5.74, 6) is -2.38. The van der Waals surface area contributed by atoms with Gasteiger partial charge in [-0.05, 0) is 24.6 Å². The third-order valence-electron chi connectivity index (χ3n) is 4.40. The lowest BCUT2D eigenvalue weighted by atomic mass is 9.99. The second-order valence-corrected chi connectivity index (χ2v) is 11.0. The largest absolute Gasteiger partial charge is 0.508 e. The van der Waals surface area contributed by atoms with Gasteiger partial charge in [0.1, 0.15) is 23.8 Å². The Hall–Kier alpha value is -2.67. The van der Waals surface area contributed by atoms with E-state index in [4.69, 9.17) is 39.5 Å². The van der Waals surface area contributed by atoms with E-state index in [-0.39, 0.29) is 5.57 Å². The van der Waals surface area contributed by atoms with Crippen molar-refractivity contribution >= 4 is 75.6 Å². The van der Waals surface area contributed by atoms with Crippen molar-refractivity contribution in [2.75, 3.05) is 19.8 Å². The van der Waals surface area contributed by atoms with Crippen molar-refractivity contribution in [1.82, 2.24) is 10.2 Å². The number of halogens is 3. The van der Waals surface area contributed by atoms with E-state index in [0.29, 0.717) is 17.5 Å². The van der Waals surface area contributed by atoms with Crippen molar-refractivity contribution in [3.05, 3.63) is 42.5 Å². The van der Waals surface area contributed by atoms with E-state index in [0.717, 1.165) is 4.90 Å². The van der Waals surface area contributed by atoms with Crippen LogP contribution in [0.25, 0.3) is 0 Å². The average molecular weight is 584 g/mol. The molecule has 0 bridgehead atoms. The summed E-state index contributed by atoms with van der Waals surface area (Å²) < 4.78 is 12.6. The Morgan fingerprint density at radius 3 is 2.36 bits per heavy atom. The van der Waals surface area contributed by atoms with Crippen LogP contribution in [-0.4, -0.2) is 80.1 Å². The predicted molar refractivity (Wildman–Crippen MR) is 131 cm³/mol. The number of carboxylic acid groups (broad SMARTS) is 1. The number of β-lactam (4-membered cyclic amide) rings is 1. The Balaban J connectivity index is 2.04. The van der Waals surface area contributed by atoms with Crippen molar-refractivity contribution in [3.8, 4) is 5.75 Å². The van der Waals surface area contributed by atoms with Crippen molar-refractivity contribution in [2.45, 2.75) is 28.2 Å². The number of para-hydroxylation sites is 1. The molecule has 1 aliphatic rings. The molecule has 1 heterocycles. The van der Waals surface area contributed by atoms with Crippen molar-refractivity contribution in [2.24, 2.45) is 0 Å². The maximum absolute atomic E-state index is 12.8. The monoisotopic (exact) mass is 582 g/mol. The minimum absolute atomic E-state index is 0.123. The van der Waals surface area contributed by atoms with Crippen LogP contribution in [0.2, 0.25) is 0 Å². The van der Waals surface area contributed by atoms with Gasteiger partial charge in [-0.1, -0.05) is 71.3 Å². The number of ether oxygens (including phenoxy) is 3. The first-order chi connectivity index (χ1) is 16.8. The highest BCUT2D eigenvalue weighted by Crippen LogP contribution is 2.34. The van der Waals surface area contributed by atoms with E-state index in [9.17, 15) is 29.1 Å². The Bertz CT molecular complexity index is 1010. The molecule has 2 amide bonds. The number of carboxylic acids is 1. The number of carbonyl (C=O) groups is 5. The van der Waals surface area contributed by atoms with E-state index in [1.54, 1.807) is 30.3 Å². The maximum atomic E-state index is 12.8. The van der Waals surface area contributed by atoms with E-state index in [1.165, 1.54) is 6.92 Å². The Morgan fingerprint density at radius 1 is 1.17 bits per heavy atom. The first-order valence-electron chi connectivity index (χ1n) is 10.0. The number of rotatable bonds is 11. The van der Waals surface area contributed by atoms with Gasteiger partial charge < -0.3 is 29.5 Å².